The number of nitrogens with zero attached hydrogens (tertiary/aromatic N) is 1. The van der Waals surface area contributed by atoms with E-state index in [0.29, 0.717) is 5.56 Å². The lowest BCUT2D eigenvalue weighted by Crippen LogP contribution is -2.53. The molecule has 2 rings (SSSR count). The largest absolute Gasteiger partial charge is 0.340 e. The zero-order chi connectivity index (χ0) is 17.0. The van der Waals surface area contributed by atoms with Crippen LogP contribution in [0.4, 0.5) is 0 Å². The minimum absolute atomic E-state index is 0.0179. The first kappa shape index (κ1) is 17.5. The second-order valence-corrected chi connectivity index (χ2v) is 6.61. The molecule has 5 heteroatoms. The maximum atomic E-state index is 12.8. The lowest BCUT2D eigenvalue weighted by atomic mass is 10.0. The van der Waals surface area contributed by atoms with Crippen LogP contribution in [0, 0.1) is 12.8 Å². The number of nitrogens with one attached hydrogen (secondary N) is 2. The number of likely N-dealkylation sites (N-methyl/N-ethyl adjacent to an activating group) is 1. The first-order valence-electron chi connectivity index (χ1n) is 8.25. The van der Waals surface area contributed by atoms with Crippen LogP contribution in [0.25, 0.3) is 0 Å². The first-order valence-corrected chi connectivity index (χ1v) is 8.25. The molecule has 0 aliphatic carbocycles. The van der Waals surface area contributed by atoms with E-state index >= 15 is 0 Å². The van der Waals surface area contributed by atoms with Gasteiger partial charge in [0.2, 0.25) is 5.91 Å². The van der Waals surface area contributed by atoms with Crippen molar-refractivity contribution in [3.05, 3.63) is 35.4 Å². The maximum Gasteiger partial charge on any atom is 0.252 e. The van der Waals surface area contributed by atoms with Crippen LogP contribution in [0.5, 0.6) is 0 Å². The van der Waals surface area contributed by atoms with Crippen molar-refractivity contribution in [2.24, 2.45) is 5.92 Å². The molecule has 5 nitrogen and oxygen atoms in total. The van der Waals surface area contributed by atoms with E-state index in [0.717, 1.165) is 25.1 Å². The van der Waals surface area contributed by atoms with E-state index < -0.39 is 6.04 Å². The van der Waals surface area contributed by atoms with Crippen molar-refractivity contribution < 1.29 is 9.59 Å². The molecule has 126 valence electrons. The van der Waals surface area contributed by atoms with Gasteiger partial charge in [-0.15, -0.1) is 0 Å². The molecule has 23 heavy (non-hydrogen) atoms. The van der Waals surface area contributed by atoms with Crippen LogP contribution in [0.15, 0.2) is 24.3 Å². The highest BCUT2D eigenvalue weighted by Crippen LogP contribution is 2.14. The Bertz CT molecular complexity index is 565. The van der Waals surface area contributed by atoms with Crippen LogP contribution in [0.1, 0.15) is 36.2 Å². The summed E-state index contributed by atoms with van der Waals surface area (Å²) in [5, 5.41) is 6.20. The summed E-state index contributed by atoms with van der Waals surface area (Å²) in [5.41, 5.74) is 1.53. The lowest BCUT2D eigenvalue weighted by molar-refractivity contribution is -0.134. The second-order valence-electron chi connectivity index (χ2n) is 6.61. The van der Waals surface area contributed by atoms with Crippen molar-refractivity contribution in [1.29, 1.82) is 0 Å². The van der Waals surface area contributed by atoms with Crippen LogP contribution >= 0.6 is 0 Å². The Morgan fingerprint density at radius 2 is 2.00 bits per heavy atom. The third-order valence-corrected chi connectivity index (χ3v) is 4.54. The molecule has 1 aliphatic rings. The predicted molar refractivity (Wildman–Crippen MR) is 91.3 cm³/mol. The highest BCUT2D eigenvalue weighted by atomic mass is 16.2. The molecule has 1 aliphatic heterocycles. The molecule has 0 bridgehead atoms. The molecule has 1 fully saturated rings. The van der Waals surface area contributed by atoms with Gasteiger partial charge in [-0.3, -0.25) is 9.59 Å². The van der Waals surface area contributed by atoms with Gasteiger partial charge in [0.1, 0.15) is 6.04 Å². The average molecular weight is 317 g/mol. The van der Waals surface area contributed by atoms with E-state index in [1.165, 1.54) is 0 Å². The molecule has 1 aromatic carbocycles. The summed E-state index contributed by atoms with van der Waals surface area (Å²) in [6.07, 6.45) is 0.957. The molecule has 0 saturated carbocycles. The zero-order valence-electron chi connectivity index (χ0n) is 14.4. The van der Waals surface area contributed by atoms with Gasteiger partial charge in [-0.1, -0.05) is 32.0 Å². The second kappa shape index (κ2) is 7.59. The molecular weight excluding hydrogens is 290 g/mol. The standard InChI is InChI=1S/C18H27N3O2/c1-12(2)16(18(23)21(4)14-9-10-19-11-14)20-17(22)15-8-6-5-7-13(15)3/h5-8,12,14,16,19H,9-11H2,1-4H3,(H,20,22). The van der Waals surface area contributed by atoms with Crippen molar-refractivity contribution in [1.82, 2.24) is 15.5 Å². The van der Waals surface area contributed by atoms with Crippen molar-refractivity contribution >= 4 is 11.8 Å². The predicted octanol–water partition coefficient (Wildman–Crippen LogP) is 1.57. The van der Waals surface area contributed by atoms with Crippen molar-refractivity contribution in [2.45, 2.75) is 39.3 Å². The number of hydrogen-bond acceptors (Lipinski definition) is 3. The molecule has 0 aromatic heterocycles. The number of hydrogen-bond donors (Lipinski definition) is 2. The summed E-state index contributed by atoms with van der Waals surface area (Å²) in [4.78, 5) is 27.1. The number of carbonyl (C=O) groups excluding carboxylic acids is 2. The molecule has 2 atom stereocenters. The molecule has 1 heterocycles. The van der Waals surface area contributed by atoms with Crippen molar-refractivity contribution in [3.8, 4) is 0 Å². The molecular formula is C18H27N3O2. The van der Waals surface area contributed by atoms with Gasteiger partial charge in [0.05, 0.1) is 0 Å². The van der Waals surface area contributed by atoms with Crippen LogP contribution in [-0.2, 0) is 4.79 Å². The third kappa shape index (κ3) is 4.10. The Hall–Kier alpha value is -1.88. The summed E-state index contributed by atoms with van der Waals surface area (Å²) in [7, 11) is 1.83. The molecule has 2 unspecified atom stereocenters. The van der Waals surface area contributed by atoms with Gasteiger partial charge in [-0.2, -0.15) is 0 Å². The minimum atomic E-state index is -0.507. The zero-order valence-corrected chi connectivity index (χ0v) is 14.4. The third-order valence-electron chi connectivity index (χ3n) is 4.54. The SMILES string of the molecule is Cc1ccccc1C(=O)NC(C(=O)N(C)C1CCNC1)C(C)C. The van der Waals surface area contributed by atoms with Crippen LogP contribution in [-0.4, -0.2) is 48.9 Å². The fraction of sp³-hybridized carbons (Fsp3) is 0.556. The number of benzene rings is 1. The van der Waals surface area contributed by atoms with E-state index in [-0.39, 0.29) is 23.8 Å². The first-order chi connectivity index (χ1) is 10.9. The smallest absolute Gasteiger partial charge is 0.252 e. The van der Waals surface area contributed by atoms with Gasteiger partial charge >= 0.3 is 0 Å². The minimum Gasteiger partial charge on any atom is -0.340 e. The van der Waals surface area contributed by atoms with Gasteiger partial charge in [-0.05, 0) is 37.4 Å². The summed E-state index contributed by atoms with van der Waals surface area (Å²) in [6.45, 7) is 7.57. The molecule has 2 N–H and O–H groups in total. The summed E-state index contributed by atoms with van der Waals surface area (Å²) < 4.78 is 0. The van der Waals surface area contributed by atoms with Crippen molar-refractivity contribution in [2.75, 3.05) is 20.1 Å². The lowest BCUT2D eigenvalue weighted by Gasteiger charge is -2.30. The van der Waals surface area contributed by atoms with Crippen molar-refractivity contribution in [3.63, 3.8) is 0 Å². The maximum absolute atomic E-state index is 12.8. The van der Waals surface area contributed by atoms with Gasteiger partial charge in [-0.25, -0.2) is 0 Å². The highest BCUT2D eigenvalue weighted by Gasteiger charge is 2.31. The molecule has 1 aromatic rings. The highest BCUT2D eigenvalue weighted by molar-refractivity contribution is 5.98. The van der Waals surface area contributed by atoms with Gasteiger partial charge in [0.25, 0.3) is 5.91 Å². The molecule has 0 spiro atoms. The normalized spacial score (nSPS) is 18.7. The van der Waals surface area contributed by atoms with E-state index in [9.17, 15) is 9.59 Å². The van der Waals surface area contributed by atoms with E-state index in [2.05, 4.69) is 10.6 Å². The Labute approximate surface area is 138 Å². The Morgan fingerprint density at radius 3 is 2.57 bits per heavy atom. The fourth-order valence-electron chi connectivity index (χ4n) is 2.93. The average Bonchev–Trinajstić information content (AvgIpc) is 3.05. The van der Waals surface area contributed by atoms with Crippen LogP contribution in [0.3, 0.4) is 0 Å². The van der Waals surface area contributed by atoms with E-state index in [1.807, 2.05) is 46.0 Å². The molecule has 1 saturated heterocycles. The number of amides is 2. The molecule has 0 radical (unpaired) electrons. The van der Waals surface area contributed by atoms with Gasteiger partial charge in [0, 0.05) is 25.2 Å². The fourth-order valence-corrected chi connectivity index (χ4v) is 2.93. The monoisotopic (exact) mass is 317 g/mol. The Morgan fingerprint density at radius 1 is 1.30 bits per heavy atom. The van der Waals surface area contributed by atoms with E-state index in [1.54, 1.807) is 11.0 Å². The number of aryl methyl sites for hydroxylation is 1. The topological polar surface area (TPSA) is 61.4 Å². The van der Waals surface area contributed by atoms with E-state index in [4.69, 9.17) is 0 Å². The van der Waals surface area contributed by atoms with Gasteiger partial charge in [0.15, 0.2) is 0 Å². The molecule has 2 amide bonds. The Kier molecular flexibility index (Phi) is 5.77. The van der Waals surface area contributed by atoms with Gasteiger partial charge < -0.3 is 15.5 Å². The summed E-state index contributed by atoms with van der Waals surface area (Å²) in [5.74, 6) is -0.170. The summed E-state index contributed by atoms with van der Waals surface area (Å²) in [6, 6.07) is 7.13. The number of rotatable bonds is 5. The quantitative estimate of drug-likeness (QED) is 0.866. The number of carbonyl (C=O) groups is 2. The summed E-state index contributed by atoms with van der Waals surface area (Å²) >= 11 is 0. The van der Waals surface area contributed by atoms with Crippen LogP contribution < -0.4 is 10.6 Å². The Balaban J connectivity index is 2.10. The van der Waals surface area contributed by atoms with Crippen LogP contribution in [0.2, 0.25) is 0 Å².